The molecule has 5 rings (SSSR count). The Bertz CT molecular complexity index is 1670. The zero-order valence-corrected chi connectivity index (χ0v) is 26.0. The van der Waals surface area contributed by atoms with E-state index in [1.54, 1.807) is 29.2 Å². The molecule has 1 fully saturated rings. The molecule has 45 heavy (non-hydrogen) atoms. The third kappa shape index (κ3) is 8.59. The highest BCUT2D eigenvalue weighted by Gasteiger charge is 2.29. The number of nitrogens with two attached hydrogens (primary N) is 1. The Hall–Kier alpha value is -4.01. The Morgan fingerprint density at radius 1 is 1.07 bits per heavy atom. The Labute approximate surface area is 266 Å². The SMILES string of the molecule is CC(N)(N=N)NC(=O)c1ccc(CN(C(=O)Nc2nc3ccc(SC(F)(F)F)cc3s2)c2ccc(C3CCCCC3)cc2)cc1. The van der Waals surface area contributed by atoms with Gasteiger partial charge in [0.1, 0.15) is 0 Å². The number of thioether (sulfide) groups is 1. The van der Waals surface area contributed by atoms with Crippen molar-refractivity contribution in [2.75, 3.05) is 10.2 Å². The zero-order chi connectivity index (χ0) is 32.2. The number of anilines is 2. The number of carbonyl (C=O) groups excluding carboxylic acids is 2. The van der Waals surface area contributed by atoms with Gasteiger partial charge in [0.25, 0.3) is 5.91 Å². The number of urea groups is 1. The Morgan fingerprint density at radius 3 is 2.40 bits per heavy atom. The quantitative estimate of drug-likeness (QED) is 0.0813. The largest absolute Gasteiger partial charge is 0.446 e. The van der Waals surface area contributed by atoms with Crippen LogP contribution in [-0.4, -0.2) is 28.2 Å². The molecule has 0 spiro atoms. The number of benzene rings is 3. The number of hydrogen-bond acceptors (Lipinski definition) is 8. The highest BCUT2D eigenvalue weighted by Crippen LogP contribution is 2.39. The summed E-state index contributed by atoms with van der Waals surface area (Å²) in [6.45, 7) is 1.55. The second kappa shape index (κ2) is 13.5. The molecule has 1 unspecified atom stereocenters. The minimum atomic E-state index is -4.41. The van der Waals surface area contributed by atoms with Crippen molar-refractivity contribution in [1.82, 2.24) is 10.3 Å². The van der Waals surface area contributed by atoms with Crippen LogP contribution in [0.5, 0.6) is 0 Å². The van der Waals surface area contributed by atoms with Crippen LogP contribution >= 0.6 is 23.1 Å². The van der Waals surface area contributed by atoms with Gasteiger partial charge in [-0.05, 0) is 91.0 Å². The number of nitrogens with one attached hydrogen (secondary N) is 3. The van der Waals surface area contributed by atoms with Crippen LogP contribution < -0.4 is 21.3 Å². The van der Waals surface area contributed by atoms with Gasteiger partial charge in [-0.1, -0.05) is 54.9 Å². The van der Waals surface area contributed by atoms with E-state index in [1.807, 2.05) is 12.1 Å². The van der Waals surface area contributed by atoms with Crippen LogP contribution in [0.15, 0.2) is 76.7 Å². The first-order valence-electron chi connectivity index (χ1n) is 14.3. The maximum Gasteiger partial charge on any atom is 0.446 e. The molecule has 0 aliphatic heterocycles. The molecule has 236 valence electrons. The molecular formula is C31H32F3N7O2S2. The number of alkyl halides is 3. The van der Waals surface area contributed by atoms with E-state index in [2.05, 4.69) is 32.9 Å². The summed E-state index contributed by atoms with van der Waals surface area (Å²) < 4.78 is 39.1. The molecule has 1 atom stereocenters. The van der Waals surface area contributed by atoms with Gasteiger partial charge in [0.15, 0.2) is 5.13 Å². The third-order valence-corrected chi connectivity index (χ3v) is 9.14. The Kier molecular flexibility index (Phi) is 9.75. The zero-order valence-electron chi connectivity index (χ0n) is 24.4. The normalized spacial score (nSPS) is 15.3. The van der Waals surface area contributed by atoms with Gasteiger partial charge in [-0.2, -0.15) is 18.3 Å². The highest BCUT2D eigenvalue weighted by molar-refractivity contribution is 8.00. The lowest BCUT2D eigenvalue weighted by molar-refractivity contribution is -0.0328. The minimum Gasteiger partial charge on any atom is -0.314 e. The second-order valence-electron chi connectivity index (χ2n) is 11.0. The van der Waals surface area contributed by atoms with Crippen LogP contribution in [0.2, 0.25) is 0 Å². The lowest BCUT2D eigenvalue weighted by atomic mass is 9.84. The summed E-state index contributed by atoms with van der Waals surface area (Å²) in [6, 6.07) is 18.3. The molecule has 4 aromatic rings. The summed E-state index contributed by atoms with van der Waals surface area (Å²) in [6.07, 6.45) is 5.95. The predicted molar refractivity (Wildman–Crippen MR) is 171 cm³/mol. The number of aromatic nitrogens is 1. The molecule has 3 amide bonds. The van der Waals surface area contributed by atoms with Gasteiger partial charge in [-0.15, -0.1) is 0 Å². The first-order chi connectivity index (χ1) is 21.4. The second-order valence-corrected chi connectivity index (χ2v) is 13.2. The van der Waals surface area contributed by atoms with E-state index in [-0.39, 0.29) is 28.3 Å². The molecule has 14 heteroatoms. The van der Waals surface area contributed by atoms with Gasteiger partial charge >= 0.3 is 11.5 Å². The Morgan fingerprint density at radius 2 is 1.76 bits per heavy atom. The molecule has 1 aliphatic carbocycles. The van der Waals surface area contributed by atoms with Gasteiger partial charge in [-0.25, -0.2) is 15.3 Å². The number of carbonyl (C=O) groups is 2. The molecule has 1 saturated carbocycles. The summed E-state index contributed by atoms with van der Waals surface area (Å²) in [5.41, 5.74) is 11.8. The number of hydrogen-bond donors (Lipinski definition) is 4. The van der Waals surface area contributed by atoms with Gasteiger partial charge in [0, 0.05) is 16.1 Å². The van der Waals surface area contributed by atoms with Crippen LogP contribution in [-0.2, 0) is 6.54 Å². The van der Waals surface area contributed by atoms with Crippen LogP contribution in [0.3, 0.4) is 0 Å². The first kappa shape index (κ1) is 32.4. The number of rotatable bonds is 9. The number of halogens is 3. The van der Waals surface area contributed by atoms with E-state index in [1.165, 1.54) is 49.9 Å². The topological polar surface area (TPSA) is 137 Å². The lowest BCUT2D eigenvalue weighted by Gasteiger charge is -2.25. The summed E-state index contributed by atoms with van der Waals surface area (Å²) >= 11 is 0.890. The minimum absolute atomic E-state index is 0.0403. The third-order valence-electron chi connectivity index (χ3n) is 7.49. The molecule has 0 radical (unpaired) electrons. The highest BCUT2D eigenvalue weighted by atomic mass is 32.2. The molecule has 9 nitrogen and oxygen atoms in total. The van der Waals surface area contributed by atoms with Gasteiger partial charge < -0.3 is 5.32 Å². The lowest BCUT2D eigenvalue weighted by Crippen LogP contribution is -2.51. The average molecular weight is 656 g/mol. The van der Waals surface area contributed by atoms with Crippen molar-refractivity contribution in [3.05, 3.63) is 83.4 Å². The van der Waals surface area contributed by atoms with E-state index in [0.29, 0.717) is 27.4 Å². The summed E-state index contributed by atoms with van der Waals surface area (Å²) in [7, 11) is 0. The smallest absolute Gasteiger partial charge is 0.314 e. The molecule has 1 aliphatic rings. The number of amides is 3. The summed E-state index contributed by atoms with van der Waals surface area (Å²) in [5.74, 6) is -1.54. The van der Waals surface area contributed by atoms with Crippen LogP contribution in [0, 0.1) is 5.53 Å². The summed E-state index contributed by atoms with van der Waals surface area (Å²) in [4.78, 5) is 32.3. The average Bonchev–Trinajstić information content (AvgIpc) is 3.41. The van der Waals surface area contributed by atoms with E-state index >= 15 is 0 Å². The van der Waals surface area contributed by atoms with Crippen LogP contribution in [0.4, 0.5) is 28.8 Å². The maximum absolute atomic E-state index is 13.7. The summed E-state index contributed by atoms with van der Waals surface area (Å²) in [5, 5.41) is 8.72. The molecule has 1 aromatic heterocycles. The van der Waals surface area contributed by atoms with Crippen LogP contribution in [0.1, 0.15) is 66.4 Å². The van der Waals surface area contributed by atoms with Crippen molar-refractivity contribution in [1.29, 1.82) is 5.53 Å². The van der Waals surface area contributed by atoms with Crippen molar-refractivity contribution in [2.45, 2.75) is 67.7 Å². The van der Waals surface area contributed by atoms with Crippen molar-refractivity contribution in [3.8, 4) is 0 Å². The fourth-order valence-electron chi connectivity index (χ4n) is 5.23. The van der Waals surface area contributed by atoms with Gasteiger partial charge in [0.2, 0.25) is 5.79 Å². The fourth-order valence-corrected chi connectivity index (χ4v) is 6.78. The number of fused-ring (bicyclic) bond motifs is 1. The molecule has 1 heterocycles. The van der Waals surface area contributed by atoms with Crippen LogP contribution in [0.25, 0.3) is 10.2 Å². The molecule has 0 bridgehead atoms. The monoisotopic (exact) mass is 655 g/mol. The molecular weight excluding hydrogens is 624 g/mol. The first-order valence-corrected chi connectivity index (χ1v) is 16.0. The molecule has 3 aromatic carbocycles. The molecule has 0 saturated heterocycles. The van der Waals surface area contributed by atoms with E-state index in [9.17, 15) is 22.8 Å². The predicted octanol–water partition coefficient (Wildman–Crippen LogP) is 8.59. The van der Waals surface area contributed by atoms with E-state index < -0.39 is 23.2 Å². The standard InChI is InChI=1S/C31H32F3N7O2S2/c1-30(35,40-36)39-27(42)22-9-7-19(8-10-22)18-41(23-13-11-21(12-14-23)20-5-3-2-4-6-20)29(43)38-28-37-25-16-15-24(17-26(25)44-28)45-31(32,33)34/h7-17,20,36H,2-6,18,35H2,1H3,(H,39,42)(H,37,38,43). The maximum atomic E-state index is 13.7. The molecule has 5 N–H and O–H groups in total. The van der Waals surface area contributed by atoms with Crippen molar-refractivity contribution >= 4 is 56.1 Å². The van der Waals surface area contributed by atoms with Gasteiger partial charge in [0.05, 0.1) is 16.8 Å². The number of nitrogens with zero attached hydrogens (tertiary/aromatic N) is 3. The van der Waals surface area contributed by atoms with E-state index in [4.69, 9.17) is 11.3 Å². The van der Waals surface area contributed by atoms with E-state index in [0.717, 1.165) is 29.7 Å². The fraction of sp³-hybridized carbons (Fsp3) is 0.323. The van der Waals surface area contributed by atoms with Crippen molar-refractivity contribution < 1.29 is 22.8 Å². The number of thiazole rings is 1. The van der Waals surface area contributed by atoms with Gasteiger partial charge in [-0.3, -0.25) is 20.7 Å². The Balaban J connectivity index is 1.37. The van der Waals surface area contributed by atoms with Crippen molar-refractivity contribution in [3.63, 3.8) is 0 Å². The van der Waals surface area contributed by atoms with Crippen molar-refractivity contribution in [2.24, 2.45) is 10.8 Å².